The lowest BCUT2D eigenvalue weighted by Gasteiger charge is -2.34. The fraction of sp³-hybridized carbons (Fsp3) is 0.611. The van der Waals surface area contributed by atoms with Gasteiger partial charge in [0, 0.05) is 32.6 Å². The Morgan fingerprint density at radius 1 is 1.07 bits per heavy atom. The Bertz CT molecular complexity index is 874. The second-order valence-corrected chi connectivity index (χ2v) is 9.27. The summed E-state index contributed by atoms with van der Waals surface area (Å²) in [5.74, 6) is 0.134. The van der Waals surface area contributed by atoms with Crippen molar-refractivity contribution in [1.29, 1.82) is 0 Å². The smallest absolute Gasteiger partial charge is 0.245 e. The predicted octanol–water partition coefficient (Wildman–Crippen LogP) is 2.88. The molecular formula is C18H26N4O3S2. The van der Waals surface area contributed by atoms with Crippen molar-refractivity contribution in [2.75, 3.05) is 26.2 Å². The molecule has 0 atom stereocenters. The topological polar surface area (TPSA) is 83.5 Å². The number of sulfonamides is 1. The molecule has 1 aliphatic rings. The molecule has 1 amide bonds. The van der Waals surface area contributed by atoms with Gasteiger partial charge in [0.1, 0.15) is 15.9 Å². The molecule has 27 heavy (non-hydrogen) atoms. The lowest BCUT2D eigenvalue weighted by Crippen LogP contribution is -2.50. The highest BCUT2D eigenvalue weighted by Gasteiger charge is 2.31. The number of carbonyl (C=O) groups excluding carboxylic acids is 1. The first kappa shape index (κ1) is 20.2. The van der Waals surface area contributed by atoms with Gasteiger partial charge in [0.2, 0.25) is 15.9 Å². The second-order valence-electron chi connectivity index (χ2n) is 6.84. The van der Waals surface area contributed by atoms with Crippen LogP contribution in [-0.4, -0.2) is 58.5 Å². The van der Waals surface area contributed by atoms with Crippen molar-refractivity contribution in [3.63, 3.8) is 0 Å². The SMILES string of the molecule is CCCCCCCC(=O)N1CCN(S(=O)(=O)c2cccc3nsnc23)CC1. The Morgan fingerprint density at radius 2 is 1.81 bits per heavy atom. The molecule has 1 fully saturated rings. The number of carbonyl (C=O) groups is 1. The summed E-state index contributed by atoms with van der Waals surface area (Å²) in [5.41, 5.74) is 1.02. The van der Waals surface area contributed by atoms with E-state index in [0.717, 1.165) is 24.6 Å². The Morgan fingerprint density at radius 3 is 2.56 bits per heavy atom. The highest BCUT2D eigenvalue weighted by atomic mass is 32.2. The maximum atomic E-state index is 13.0. The van der Waals surface area contributed by atoms with Crippen LogP contribution < -0.4 is 0 Å². The van der Waals surface area contributed by atoms with Gasteiger partial charge in [0.15, 0.2) is 0 Å². The summed E-state index contributed by atoms with van der Waals surface area (Å²) in [4.78, 5) is 14.3. The van der Waals surface area contributed by atoms with Crippen molar-refractivity contribution in [3.8, 4) is 0 Å². The van der Waals surface area contributed by atoms with E-state index in [0.29, 0.717) is 43.6 Å². The minimum atomic E-state index is -3.64. The Labute approximate surface area is 164 Å². The van der Waals surface area contributed by atoms with Crippen LogP contribution in [0.2, 0.25) is 0 Å². The van der Waals surface area contributed by atoms with Crippen LogP contribution in [0.5, 0.6) is 0 Å². The lowest BCUT2D eigenvalue weighted by molar-refractivity contribution is -0.132. The van der Waals surface area contributed by atoms with Gasteiger partial charge in [-0.25, -0.2) is 8.42 Å². The molecule has 1 saturated heterocycles. The standard InChI is InChI=1S/C18H26N4O3S2/c1-2-3-4-5-6-10-17(23)21-11-13-22(14-12-21)27(24,25)16-9-7-8-15-18(16)20-26-19-15/h7-9H,2-6,10-14H2,1H3. The monoisotopic (exact) mass is 410 g/mol. The molecule has 2 aromatic rings. The third kappa shape index (κ3) is 4.64. The first-order valence-electron chi connectivity index (χ1n) is 9.53. The summed E-state index contributed by atoms with van der Waals surface area (Å²) in [6.45, 7) is 3.69. The van der Waals surface area contributed by atoms with Gasteiger partial charge >= 0.3 is 0 Å². The molecule has 1 aromatic carbocycles. The summed E-state index contributed by atoms with van der Waals surface area (Å²) in [6.07, 6.45) is 6.13. The van der Waals surface area contributed by atoms with E-state index in [-0.39, 0.29) is 10.8 Å². The molecule has 0 bridgehead atoms. The van der Waals surface area contributed by atoms with Gasteiger partial charge in [0.25, 0.3) is 0 Å². The molecule has 0 aliphatic carbocycles. The van der Waals surface area contributed by atoms with Gasteiger partial charge in [-0.3, -0.25) is 4.79 Å². The first-order chi connectivity index (χ1) is 13.0. The summed E-state index contributed by atoms with van der Waals surface area (Å²) < 4.78 is 35.7. The summed E-state index contributed by atoms with van der Waals surface area (Å²) >= 11 is 1.01. The average Bonchev–Trinajstić information content (AvgIpc) is 3.16. The minimum Gasteiger partial charge on any atom is -0.340 e. The maximum absolute atomic E-state index is 13.0. The van der Waals surface area contributed by atoms with Crippen LogP contribution in [0, 0.1) is 0 Å². The van der Waals surface area contributed by atoms with Gasteiger partial charge in [0.05, 0.1) is 11.7 Å². The molecule has 0 spiro atoms. The molecule has 0 N–H and O–H groups in total. The molecule has 1 aromatic heterocycles. The van der Waals surface area contributed by atoms with Crippen molar-refractivity contribution in [3.05, 3.63) is 18.2 Å². The number of rotatable bonds is 8. The van der Waals surface area contributed by atoms with Gasteiger partial charge in [-0.1, -0.05) is 38.7 Å². The molecule has 9 heteroatoms. The number of unbranched alkanes of at least 4 members (excludes halogenated alkanes) is 4. The number of fused-ring (bicyclic) bond motifs is 1. The second kappa shape index (κ2) is 9.07. The van der Waals surface area contributed by atoms with Gasteiger partial charge in [-0.2, -0.15) is 13.1 Å². The van der Waals surface area contributed by atoms with E-state index in [1.165, 1.54) is 23.6 Å². The van der Waals surface area contributed by atoms with Crippen LogP contribution >= 0.6 is 11.7 Å². The predicted molar refractivity (Wildman–Crippen MR) is 106 cm³/mol. The van der Waals surface area contributed by atoms with Crippen LogP contribution in [0.3, 0.4) is 0 Å². The third-order valence-corrected chi connectivity index (χ3v) is 7.43. The fourth-order valence-corrected chi connectivity index (χ4v) is 5.52. The van der Waals surface area contributed by atoms with Crippen molar-refractivity contribution in [2.45, 2.75) is 50.3 Å². The summed E-state index contributed by atoms with van der Waals surface area (Å²) in [7, 11) is -3.64. The number of hydrogen-bond donors (Lipinski definition) is 0. The van der Waals surface area contributed by atoms with E-state index in [1.807, 2.05) is 0 Å². The highest BCUT2D eigenvalue weighted by molar-refractivity contribution is 7.89. The van der Waals surface area contributed by atoms with Gasteiger partial charge in [-0.05, 0) is 18.6 Å². The number of hydrogen-bond acceptors (Lipinski definition) is 6. The molecule has 148 valence electrons. The highest BCUT2D eigenvalue weighted by Crippen LogP contribution is 2.25. The summed E-state index contributed by atoms with van der Waals surface area (Å²) in [5, 5.41) is 0. The Kier molecular flexibility index (Phi) is 6.78. The number of nitrogens with zero attached hydrogens (tertiary/aromatic N) is 4. The zero-order valence-corrected chi connectivity index (χ0v) is 17.3. The number of aromatic nitrogens is 2. The van der Waals surface area contributed by atoms with Crippen LogP contribution in [0.4, 0.5) is 0 Å². The van der Waals surface area contributed by atoms with Crippen molar-refractivity contribution in [2.24, 2.45) is 0 Å². The largest absolute Gasteiger partial charge is 0.340 e. The molecule has 1 aliphatic heterocycles. The van der Waals surface area contributed by atoms with E-state index < -0.39 is 10.0 Å². The minimum absolute atomic E-state index is 0.134. The third-order valence-electron chi connectivity index (χ3n) is 4.95. The Hall–Kier alpha value is -1.58. The quantitative estimate of drug-likeness (QED) is 0.625. The van der Waals surface area contributed by atoms with Crippen molar-refractivity contribution < 1.29 is 13.2 Å². The molecule has 0 saturated carbocycles. The van der Waals surface area contributed by atoms with Crippen molar-refractivity contribution in [1.82, 2.24) is 18.0 Å². The van der Waals surface area contributed by atoms with E-state index in [2.05, 4.69) is 15.7 Å². The first-order valence-corrected chi connectivity index (χ1v) is 11.7. The van der Waals surface area contributed by atoms with Crippen LogP contribution in [0.15, 0.2) is 23.1 Å². The molecule has 0 radical (unpaired) electrons. The van der Waals surface area contributed by atoms with Crippen LogP contribution in [0.1, 0.15) is 45.4 Å². The molecule has 3 rings (SSSR count). The maximum Gasteiger partial charge on any atom is 0.245 e. The number of amides is 1. The molecule has 0 unspecified atom stereocenters. The number of benzene rings is 1. The molecule has 7 nitrogen and oxygen atoms in total. The van der Waals surface area contributed by atoms with Crippen LogP contribution in [0.25, 0.3) is 11.0 Å². The lowest BCUT2D eigenvalue weighted by atomic mass is 10.1. The normalized spacial score (nSPS) is 16.1. The van der Waals surface area contributed by atoms with E-state index in [9.17, 15) is 13.2 Å². The summed E-state index contributed by atoms with van der Waals surface area (Å²) in [6, 6.07) is 5.02. The van der Waals surface area contributed by atoms with Crippen molar-refractivity contribution >= 4 is 38.7 Å². The fourth-order valence-electron chi connectivity index (χ4n) is 3.34. The van der Waals surface area contributed by atoms with E-state index >= 15 is 0 Å². The van der Waals surface area contributed by atoms with Gasteiger partial charge in [-0.15, -0.1) is 0 Å². The van der Waals surface area contributed by atoms with E-state index in [4.69, 9.17) is 0 Å². The zero-order valence-electron chi connectivity index (χ0n) is 15.6. The van der Waals surface area contributed by atoms with Gasteiger partial charge < -0.3 is 4.90 Å². The number of piperazine rings is 1. The van der Waals surface area contributed by atoms with E-state index in [1.54, 1.807) is 23.1 Å². The molecular weight excluding hydrogens is 384 g/mol. The van der Waals surface area contributed by atoms with Crippen LogP contribution in [-0.2, 0) is 14.8 Å². The zero-order chi connectivity index (χ0) is 19.3. The average molecular weight is 411 g/mol. The molecule has 2 heterocycles. The Balaban J connectivity index is 1.57.